The van der Waals surface area contributed by atoms with E-state index in [2.05, 4.69) is 25.7 Å². The first-order valence-electron chi connectivity index (χ1n) is 7.61. The molecule has 2 aliphatic heterocycles. The Bertz CT molecular complexity index is 546. The number of carbonyl (C=O) groups excluding carboxylic acids is 2. The van der Waals surface area contributed by atoms with Gasteiger partial charge in [0.25, 0.3) is 11.8 Å². The van der Waals surface area contributed by atoms with Gasteiger partial charge in [0.1, 0.15) is 0 Å². The molecule has 1 fully saturated rings. The molecule has 3 rings (SSSR count). The van der Waals surface area contributed by atoms with E-state index in [0.717, 1.165) is 25.9 Å². The van der Waals surface area contributed by atoms with E-state index < -0.39 is 0 Å². The SMILES string of the molecule is CC(C)(C)N1CCC(N2C(=O)c3ccccc3C2=O)CC1. The summed E-state index contributed by atoms with van der Waals surface area (Å²) in [6.07, 6.45) is 1.73. The number of likely N-dealkylation sites (tertiary alicyclic amines) is 1. The van der Waals surface area contributed by atoms with E-state index in [0.29, 0.717) is 11.1 Å². The second kappa shape index (κ2) is 4.95. The Hall–Kier alpha value is -1.68. The van der Waals surface area contributed by atoms with E-state index in [1.54, 1.807) is 12.1 Å². The molecule has 1 saturated heterocycles. The van der Waals surface area contributed by atoms with Gasteiger partial charge < -0.3 is 0 Å². The van der Waals surface area contributed by atoms with Gasteiger partial charge in [-0.15, -0.1) is 0 Å². The Morgan fingerprint density at radius 1 is 0.952 bits per heavy atom. The van der Waals surface area contributed by atoms with Gasteiger partial charge in [0.15, 0.2) is 0 Å². The second-order valence-electron chi connectivity index (χ2n) is 6.91. The summed E-state index contributed by atoms with van der Waals surface area (Å²) in [5.74, 6) is -0.241. The number of hydrogen-bond acceptors (Lipinski definition) is 3. The molecule has 112 valence electrons. The van der Waals surface area contributed by atoms with Crippen molar-refractivity contribution in [3.63, 3.8) is 0 Å². The summed E-state index contributed by atoms with van der Waals surface area (Å²) >= 11 is 0. The molecular weight excluding hydrogens is 264 g/mol. The van der Waals surface area contributed by atoms with Crippen molar-refractivity contribution in [2.45, 2.75) is 45.2 Å². The maximum atomic E-state index is 12.5. The highest BCUT2D eigenvalue weighted by molar-refractivity contribution is 6.21. The summed E-state index contributed by atoms with van der Waals surface area (Å²) in [5, 5.41) is 0. The second-order valence-corrected chi connectivity index (χ2v) is 6.91. The van der Waals surface area contributed by atoms with Crippen LogP contribution in [0.15, 0.2) is 24.3 Å². The van der Waals surface area contributed by atoms with Crippen molar-refractivity contribution in [2.75, 3.05) is 13.1 Å². The van der Waals surface area contributed by atoms with Crippen LogP contribution in [0.1, 0.15) is 54.3 Å². The maximum Gasteiger partial charge on any atom is 0.261 e. The zero-order valence-corrected chi connectivity index (χ0v) is 12.9. The molecule has 0 spiro atoms. The molecule has 0 saturated carbocycles. The molecule has 21 heavy (non-hydrogen) atoms. The number of hydrogen-bond donors (Lipinski definition) is 0. The monoisotopic (exact) mass is 286 g/mol. The van der Waals surface area contributed by atoms with Crippen molar-refractivity contribution in [2.24, 2.45) is 0 Å². The number of imide groups is 1. The van der Waals surface area contributed by atoms with Gasteiger partial charge in [-0.05, 0) is 45.7 Å². The van der Waals surface area contributed by atoms with Crippen LogP contribution in [0.5, 0.6) is 0 Å². The summed E-state index contributed by atoms with van der Waals surface area (Å²) in [6, 6.07) is 7.17. The van der Waals surface area contributed by atoms with Gasteiger partial charge in [-0.25, -0.2) is 0 Å². The van der Waals surface area contributed by atoms with Crippen LogP contribution in [-0.4, -0.2) is 46.3 Å². The number of benzene rings is 1. The molecule has 0 bridgehead atoms. The molecule has 1 aromatic carbocycles. The van der Waals surface area contributed by atoms with E-state index in [4.69, 9.17) is 0 Å². The van der Waals surface area contributed by atoms with Crippen molar-refractivity contribution in [3.8, 4) is 0 Å². The van der Waals surface area contributed by atoms with Gasteiger partial charge in [0, 0.05) is 24.7 Å². The molecule has 1 aromatic rings. The third-order valence-corrected chi connectivity index (χ3v) is 4.60. The first-order chi connectivity index (χ1) is 9.89. The largest absolute Gasteiger partial charge is 0.298 e. The number of fused-ring (bicyclic) bond motifs is 1. The molecule has 2 amide bonds. The number of amides is 2. The minimum atomic E-state index is -0.121. The lowest BCUT2D eigenvalue weighted by Crippen LogP contribution is -2.52. The molecule has 4 heteroatoms. The topological polar surface area (TPSA) is 40.6 Å². The highest BCUT2D eigenvalue weighted by Gasteiger charge is 2.41. The average Bonchev–Trinajstić information content (AvgIpc) is 2.71. The van der Waals surface area contributed by atoms with Crippen LogP contribution < -0.4 is 0 Å². The van der Waals surface area contributed by atoms with Gasteiger partial charge in [0.05, 0.1) is 11.1 Å². The van der Waals surface area contributed by atoms with Crippen molar-refractivity contribution < 1.29 is 9.59 Å². The van der Waals surface area contributed by atoms with E-state index in [1.165, 1.54) is 4.90 Å². The Kier molecular flexibility index (Phi) is 3.36. The lowest BCUT2D eigenvalue weighted by atomic mass is 9.97. The minimum Gasteiger partial charge on any atom is -0.298 e. The summed E-state index contributed by atoms with van der Waals surface area (Å²) < 4.78 is 0. The number of carbonyl (C=O) groups is 2. The zero-order chi connectivity index (χ0) is 15.2. The zero-order valence-electron chi connectivity index (χ0n) is 12.9. The highest BCUT2D eigenvalue weighted by atomic mass is 16.2. The van der Waals surface area contributed by atoms with Crippen LogP contribution >= 0.6 is 0 Å². The van der Waals surface area contributed by atoms with Crippen LogP contribution in [0, 0.1) is 0 Å². The molecule has 0 N–H and O–H groups in total. The molecule has 2 heterocycles. The molecule has 0 atom stereocenters. The van der Waals surface area contributed by atoms with Crippen molar-refractivity contribution in [1.82, 2.24) is 9.80 Å². The van der Waals surface area contributed by atoms with Gasteiger partial charge in [0.2, 0.25) is 0 Å². The molecule has 2 aliphatic rings. The fraction of sp³-hybridized carbons (Fsp3) is 0.529. The number of piperidine rings is 1. The predicted octanol–water partition coefficient (Wildman–Crippen LogP) is 2.55. The summed E-state index contributed by atoms with van der Waals surface area (Å²) in [6.45, 7) is 8.48. The fourth-order valence-corrected chi connectivity index (χ4v) is 3.33. The Morgan fingerprint density at radius 3 is 1.86 bits per heavy atom. The summed E-state index contributed by atoms with van der Waals surface area (Å²) in [7, 11) is 0. The lowest BCUT2D eigenvalue weighted by molar-refractivity contribution is 0.0403. The highest BCUT2D eigenvalue weighted by Crippen LogP contribution is 2.30. The third kappa shape index (κ3) is 2.38. The molecule has 0 aliphatic carbocycles. The number of rotatable bonds is 1. The van der Waals surface area contributed by atoms with Crippen LogP contribution in [0.2, 0.25) is 0 Å². The van der Waals surface area contributed by atoms with Gasteiger partial charge in [-0.2, -0.15) is 0 Å². The van der Waals surface area contributed by atoms with Crippen molar-refractivity contribution >= 4 is 11.8 Å². The summed E-state index contributed by atoms with van der Waals surface area (Å²) in [4.78, 5) is 28.9. The summed E-state index contributed by atoms with van der Waals surface area (Å²) in [5.41, 5.74) is 1.26. The predicted molar refractivity (Wildman–Crippen MR) is 81.3 cm³/mol. The normalized spacial score (nSPS) is 21.0. The quantitative estimate of drug-likeness (QED) is 0.745. The van der Waals surface area contributed by atoms with Crippen molar-refractivity contribution in [1.29, 1.82) is 0 Å². The molecular formula is C17H22N2O2. The molecule has 0 aromatic heterocycles. The Morgan fingerprint density at radius 2 is 1.43 bits per heavy atom. The van der Waals surface area contributed by atoms with Gasteiger partial charge >= 0.3 is 0 Å². The van der Waals surface area contributed by atoms with E-state index in [9.17, 15) is 9.59 Å². The van der Waals surface area contributed by atoms with Crippen LogP contribution in [0.25, 0.3) is 0 Å². The molecule has 0 unspecified atom stereocenters. The van der Waals surface area contributed by atoms with Gasteiger partial charge in [-0.3, -0.25) is 19.4 Å². The number of nitrogens with zero attached hydrogens (tertiary/aromatic N) is 2. The Labute approximate surface area is 125 Å². The standard InChI is InChI=1S/C17H22N2O2/c1-17(2,3)18-10-8-12(9-11-18)19-15(20)13-6-4-5-7-14(13)16(19)21/h4-7,12H,8-11H2,1-3H3. The maximum absolute atomic E-state index is 12.5. The minimum absolute atomic E-state index is 0.0380. The van der Waals surface area contributed by atoms with E-state index in [1.807, 2.05) is 12.1 Å². The van der Waals surface area contributed by atoms with E-state index >= 15 is 0 Å². The Balaban J connectivity index is 1.76. The molecule has 4 nitrogen and oxygen atoms in total. The van der Waals surface area contributed by atoms with E-state index in [-0.39, 0.29) is 23.4 Å². The average molecular weight is 286 g/mol. The van der Waals surface area contributed by atoms with Gasteiger partial charge in [-0.1, -0.05) is 12.1 Å². The molecule has 0 radical (unpaired) electrons. The van der Waals surface area contributed by atoms with Crippen LogP contribution in [0.3, 0.4) is 0 Å². The first kappa shape index (κ1) is 14.3. The van der Waals surface area contributed by atoms with Crippen molar-refractivity contribution in [3.05, 3.63) is 35.4 Å². The van der Waals surface area contributed by atoms with Crippen LogP contribution in [0.4, 0.5) is 0 Å². The fourth-order valence-electron chi connectivity index (χ4n) is 3.33. The van der Waals surface area contributed by atoms with Crippen LogP contribution in [-0.2, 0) is 0 Å². The first-order valence-corrected chi connectivity index (χ1v) is 7.61. The smallest absolute Gasteiger partial charge is 0.261 e. The lowest BCUT2D eigenvalue weighted by Gasteiger charge is -2.42. The third-order valence-electron chi connectivity index (χ3n) is 4.60.